The van der Waals surface area contributed by atoms with Gasteiger partial charge in [-0.1, -0.05) is 26.8 Å². The molecule has 33 heavy (non-hydrogen) atoms. The Morgan fingerprint density at radius 3 is 2.15 bits per heavy atom. The first kappa shape index (κ1) is 24.7. The quantitative estimate of drug-likeness (QED) is 0.652. The van der Waals surface area contributed by atoms with Crippen LogP contribution in [0.15, 0.2) is 30.3 Å². The van der Waals surface area contributed by atoms with Crippen molar-refractivity contribution in [1.29, 1.82) is 0 Å². The summed E-state index contributed by atoms with van der Waals surface area (Å²) in [5.41, 5.74) is 2.99. The van der Waals surface area contributed by atoms with Crippen molar-refractivity contribution in [2.24, 2.45) is 5.41 Å². The Hall–Kier alpha value is -2.93. The molecule has 0 saturated heterocycles. The van der Waals surface area contributed by atoms with Crippen molar-refractivity contribution in [2.45, 2.75) is 46.3 Å². The van der Waals surface area contributed by atoms with E-state index >= 15 is 0 Å². The molecule has 0 bridgehead atoms. The van der Waals surface area contributed by atoms with Crippen LogP contribution in [0.25, 0.3) is 0 Å². The second-order valence-corrected chi connectivity index (χ2v) is 9.34. The fourth-order valence-corrected chi connectivity index (χ4v) is 4.23. The number of rotatable bonds is 8. The van der Waals surface area contributed by atoms with Crippen molar-refractivity contribution in [3.8, 4) is 23.0 Å². The van der Waals surface area contributed by atoms with Crippen LogP contribution in [-0.4, -0.2) is 51.8 Å². The average Bonchev–Trinajstić information content (AvgIpc) is 2.81. The van der Waals surface area contributed by atoms with Gasteiger partial charge < -0.3 is 29.2 Å². The van der Waals surface area contributed by atoms with Gasteiger partial charge in [-0.3, -0.25) is 4.79 Å². The third-order valence-corrected chi connectivity index (χ3v) is 6.13. The molecule has 7 heteroatoms. The Labute approximate surface area is 197 Å². The Morgan fingerprint density at radius 1 is 0.939 bits per heavy atom. The van der Waals surface area contributed by atoms with E-state index in [1.807, 2.05) is 35.2 Å². The van der Waals surface area contributed by atoms with Gasteiger partial charge in [0.15, 0.2) is 11.5 Å². The largest absolute Gasteiger partial charge is 0.497 e. The summed E-state index contributed by atoms with van der Waals surface area (Å²) in [6, 6.07) is 9.36. The molecule has 0 spiro atoms. The SMILES string of the molecule is COc1ccc(CN[C@H](C(=O)N2CCc3cc(OC)c(OC)cc3C2)C(C)(C)C)c(OC)c1. The van der Waals surface area contributed by atoms with Crippen molar-refractivity contribution in [1.82, 2.24) is 10.2 Å². The summed E-state index contributed by atoms with van der Waals surface area (Å²) in [4.78, 5) is 15.6. The smallest absolute Gasteiger partial charge is 0.240 e. The monoisotopic (exact) mass is 456 g/mol. The van der Waals surface area contributed by atoms with E-state index < -0.39 is 0 Å². The van der Waals surface area contributed by atoms with Crippen molar-refractivity contribution in [3.63, 3.8) is 0 Å². The number of benzene rings is 2. The average molecular weight is 457 g/mol. The van der Waals surface area contributed by atoms with E-state index in [1.54, 1.807) is 28.4 Å². The molecule has 180 valence electrons. The number of ether oxygens (including phenoxy) is 4. The number of hydrogen-bond donors (Lipinski definition) is 1. The summed E-state index contributed by atoms with van der Waals surface area (Å²) >= 11 is 0. The van der Waals surface area contributed by atoms with Crippen LogP contribution in [0.5, 0.6) is 23.0 Å². The molecule has 1 N–H and O–H groups in total. The first-order valence-electron chi connectivity index (χ1n) is 11.2. The standard InChI is InChI=1S/C26H36N2O5/c1-26(2,3)24(27-15-18-8-9-20(30-4)14-21(18)31-5)25(29)28-11-10-17-12-22(32-6)23(33-7)13-19(17)16-28/h8-9,12-14,24,27H,10-11,15-16H2,1-7H3/t24-/m1/s1. The summed E-state index contributed by atoms with van der Waals surface area (Å²) in [6.07, 6.45) is 0.782. The zero-order valence-electron chi connectivity index (χ0n) is 20.8. The third-order valence-electron chi connectivity index (χ3n) is 6.13. The molecule has 1 heterocycles. The van der Waals surface area contributed by atoms with Crippen LogP contribution < -0.4 is 24.3 Å². The molecule has 2 aromatic carbocycles. The fraction of sp³-hybridized carbons (Fsp3) is 0.500. The fourth-order valence-electron chi connectivity index (χ4n) is 4.23. The highest BCUT2D eigenvalue weighted by atomic mass is 16.5. The van der Waals surface area contributed by atoms with Gasteiger partial charge >= 0.3 is 0 Å². The zero-order chi connectivity index (χ0) is 24.2. The third kappa shape index (κ3) is 5.53. The second-order valence-electron chi connectivity index (χ2n) is 9.34. The van der Waals surface area contributed by atoms with Crippen LogP contribution in [-0.2, 0) is 24.3 Å². The first-order valence-corrected chi connectivity index (χ1v) is 11.2. The number of carbonyl (C=O) groups excluding carboxylic acids is 1. The lowest BCUT2D eigenvalue weighted by Crippen LogP contribution is -2.53. The van der Waals surface area contributed by atoms with Gasteiger partial charge in [0.25, 0.3) is 0 Å². The summed E-state index contributed by atoms with van der Waals surface area (Å²) in [7, 11) is 6.53. The lowest BCUT2D eigenvalue weighted by Gasteiger charge is -2.37. The molecule has 0 saturated carbocycles. The van der Waals surface area contributed by atoms with Gasteiger partial charge in [0, 0.05) is 31.3 Å². The summed E-state index contributed by atoms with van der Waals surface area (Å²) < 4.78 is 21.7. The molecule has 0 radical (unpaired) electrons. The van der Waals surface area contributed by atoms with E-state index in [9.17, 15) is 4.79 Å². The Bertz CT molecular complexity index is 983. The van der Waals surface area contributed by atoms with Gasteiger partial charge in [0.2, 0.25) is 5.91 Å². The van der Waals surface area contributed by atoms with E-state index in [-0.39, 0.29) is 17.4 Å². The maximum absolute atomic E-state index is 13.7. The topological polar surface area (TPSA) is 69.3 Å². The van der Waals surface area contributed by atoms with E-state index in [4.69, 9.17) is 18.9 Å². The van der Waals surface area contributed by atoms with Gasteiger partial charge in [-0.15, -0.1) is 0 Å². The van der Waals surface area contributed by atoms with Gasteiger partial charge in [-0.2, -0.15) is 0 Å². The molecular weight excluding hydrogens is 420 g/mol. The molecule has 3 rings (SSSR count). The minimum absolute atomic E-state index is 0.0930. The summed E-state index contributed by atoms with van der Waals surface area (Å²) in [5, 5.41) is 3.49. The molecule has 0 unspecified atom stereocenters. The van der Waals surface area contributed by atoms with Crippen LogP contribution >= 0.6 is 0 Å². The molecule has 1 atom stereocenters. The lowest BCUT2D eigenvalue weighted by molar-refractivity contribution is -0.137. The van der Waals surface area contributed by atoms with Crippen molar-refractivity contribution >= 4 is 5.91 Å². The van der Waals surface area contributed by atoms with Gasteiger partial charge in [-0.05, 0) is 41.2 Å². The van der Waals surface area contributed by atoms with Crippen LogP contribution in [0.3, 0.4) is 0 Å². The van der Waals surface area contributed by atoms with Crippen LogP contribution in [0.4, 0.5) is 0 Å². The van der Waals surface area contributed by atoms with Crippen molar-refractivity contribution < 1.29 is 23.7 Å². The molecule has 0 fully saturated rings. The number of fused-ring (bicyclic) bond motifs is 1. The van der Waals surface area contributed by atoms with Crippen LogP contribution in [0, 0.1) is 5.41 Å². The Morgan fingerprint density at radius 2 is 1.58 bits per heavy atom. The van der Waals surface area contributed by atoms with Crippen molar-refractivity contribution in [2.75, 3.05) is 35.0 Å². The predicted octanol–water partition coefficient (Wildman–Crippen LogP) is 3.81. The summed E-state index contributed by atoms with van der Waals surface area (Å²) in [5.74, 6) is 2.96. The first-order chi connectivity index (χ1) is 15.7. The number of hydrogen-bond acceptors (Lipinski definition) is 6. The second kappa shape index (κ2) is 10.3. The maximum Gasteiger partial charge on any atom is 0.240 e. The molecule has 7 nitrogen and oxygen atoms in total. The highest BCUT2D eigenvalue weighted by Crippen LogP contribution is 2.34. The Balaban J connectivity index is 1.78. The highest BCUT2D eigenvalue weighted by Gasteiger charge is 2.35. The maximum atomic E-state index is 13.7. The van der Waals surface area contributed by atoms with Gasteiger partial charge in [-0.25, -0.2) is 0 Å². The molecule has 1 amide bonds. The lowest BCUT2D eigenvalue weighted by atomic mass is 9.85. The molecule has 0 aromatic heterocycles. The molecule has 0 aliphatic carbocycles. The number of nitrogens with one attached hydrogen (secondary N) is 1. The van der Waals surface area contributed by atoms with Crippen LogP contribution in [0.2, 0.25) is 0 Å². The zero-order valence-corrected chi connectivity index (χ0v) is 20.8. The van der Waals surface area contributed by atoms with E-state index in [0.29, 0.717) is 25.4 Å². The number of nitrogens with zero attached hydrogens (tertiary/aromatic N) is 1. The minimum Gasteiger partial charge on any atom is -0.497 e. The molecule has 2 aromatic rings. The van der Waals surface area contributed by atoms with E-state index in [1.165, 1.54) is 5.56 Å². The number of carbonyl (C=O) groups is 1. The normalized spacial score (nSPS) is 14.3. The van der Waals surface area contributed by atoms with Crippen LogP contribution in [0.1, 0.15) is 37.5 Å². The molecular formula is C26H36N2O5. The van der Waals surface area contributed by atoms with E-state index in [2.05, 4.69) is 26.1 Å². The van der Waals surface area contributed by atoms with Gasteiger partial charge in [0.05, 0.1) is 34.5 Å². The molecule has 1 aliphatic heterocycles. The predicted molar refractivity (Wildman–Crippen MR) is 128 cm³/mol. The molecule has 1 aliphatic rings. The number of amides is 1. The minimum atomic E-state index is -0.356. The van der Waals surface area contributed by atoms with Crippen molar-refractivity contribution in [3.05, 3.63) is 47.0 Å². The number of methoxy groups -OCH3 is 4. The van der Waals surface area contributed by atoms with E-state index in [0.717, 1.165) is 34.8 Å². The Kier molecular flexibility index (Phi) is 7.74. The van der Waals surface area contributed by atoms with Gasteiger partial charge in [0.1, 0.15) is 11.5 Å². The summed E-state index contributed by atoms with van der Waals surface area (Å²) in [6.45, 7) is 7.98. The highest BCUT2D eigenvalue weighted by molar-refractivity contribution is 5.83.